The van der Waals surface area contributed by atoms with Crippen molar-refractivity contribution in [3.63, 3.8) is 0 Å². The van der Waals surface area contributed by atoms with Gasteiger partial charge in [0.2, 0.25) is 0 Å². The predicted molar refractivity (Wildman–Crippen MR) is 125 cm³/mol. The van der Waals surface area contributed by atoms with Crippen LogP contribution in [0.5, 0.6) is 0 Å². The Bertz CT molecular complexity index is 787. The lowest BCUT2D eigenvalue weighted by Gasteiger charge is -2.44. The number of benzene rings is 2. The summed E-state index contributed by atoms with van der Waals surface area (Å²) in [4.78, 5) is 19.7. The van der Waals surface area contributed by atoms with E-state index in [1.807, 2.05) is 60.5 Å². The highest BCUT2D eigenvalue weighted by atomic mass is 16.7. The quantitative estimate of drug-likeness (QED) is 0.541. The summed E-state index contributed by atoms with van der Waals surface area (Å²) < 4.78 is 0. The van der Waals surface area contributed by atoms with Gasteiger partial charge in [-0.3, -0.25) is 9.63 Å². The molecule has 0 aromatic heterocycles. The van der Waals surface area contributed by atoms with Crippen LogP contribution in [-0.4, -0.2) is 40.9 Å². The number of nitrogens with zero attached hydrogens (tertiary/aromatic N) is 1. The molecule has 170 valence electrons. The predicted octanol–water partition coefficient (Wildman–Crippen LogP) is 4.70. The minimum Gasteiger partial charge on any atom is -0.395 e. The molecule has 1 amide bonds. The van der Waals surface area contributed by atoms with Crippen LogP contribution in [0.2, 0.25) is 0 Å². The Balaban J connectivity index is 2.45. The Morgan fingerprint density at radius 2 is 1.48 bits per heavy atom. The zero-order valence-corrected chi connectivity index (χ0v) is 19.7. The van der Waals surface area contributed by atoms with E-state index >= 15 is 0 Å². The Morgan fingerprint density at radius 1 is 0.968 bits per heavy atom. The fourth-order valence-corrected chi connectivity index (χ4v) is 3.78. The van der Waals surface area contributed by atoms with Gasteiger partial charge >= 0.3 is 0 Å². The number of hydrogen-bond donors (Lipinski definition) is 2. The molecule has 0 aliphatic carbocycles. The Hall–Kier alpha value is -2.21. The molecular weight excluding hydrogens is 388 g/mol. The first-order valence-corrected chi connectivity index (χ1v) is 11.1. The van der Waals surface area contributed by atoms with Crippen molar-refractivity contribution in [2.45, 2.75) is 65.1 Å². The number of hydrogen-bond acceptors (Lipinski definition) is 4. The van der Waals surface area contributed by atoms with E-state index in [1.54, 1.807) is 0 Å². The van der Waals surface area contributed by atoms with Crippen LogP contribution in [0.3, 0.4) is 0 Å². The molecule has 5 heteroatoms. The topological polar surface area (TPSA) is 61.8 Å². The van der Waals surface area contributed by atoms with E-state index in [4.69, 9.17) is 4.84 Å². The molecule has 0 saturated heterocycles. The van der Waals surface area contributed by atoms with Gasteiger partial charge in [0, 0.05) is 18.0 Å². The van der Waals surface area contributed by atoms with Crippen LogP contribution >= 0.6 is 0 Å². The molecule has 3 atom stereocenters. The monoisotopic (exact) mass is 426 g/mol. The zero-order chi connectivity index (χ0) is 23.0. The maximum atomic E-state index is 13.1. The highest BCUT2D eigenvalue weighted by Gasteiger charge is 2.38. The SMILES string of the molecule is CC(C)C(c1ccccc1)N(OC(C(=O)NCCO)C(C)c1ccccc1)C(C)(C)C. The molecule has 0 fully saturated rings. The maximum absolute atomic E-state index is 13.1. The summed E-state index contributed by atoms with van der Waals surface area (Å²) in [7, 11) is 0. The third-order valence-corrected chi connectivity index (χ3v) is 5.36. The maximum Gasteiger partial charge on any atom is 0.251 e. The van der Waals surface area contributed by atoms with Gasteiger partial charge in [-0.1, -0.05) is 81.4 Å². The number of rotatable bonds is 10. The summed E-state index contributed by atoms with van der Waals surface area (Å²) in [5.74, 6) is -0.140. The molecule has 0 radical (unpaired) electrons. The van der Waals surface area contributed by atoms with Crippen molar-refractivity contribution >= 4 is 5.91 Å². The van der Waals surface area contributed by atoms with E-state index in [9.17, 15) is 9.90 Å². The second-order valence-corrected chi connectivity index (χ2v) is 9.34. The van der Waals surface area contributed by atoms with Gasteiger partial charge in [-0.05, 0) is 37.8 Å². The van der Waals surface area contributed by atoms with Gasteiger partial charge in [0.15, 0.2) is 6.10 Å². The number of hydroxylamine groups is 2. The Kier molecular flexibility index (Phi) is 9.23. The first-order chi connectivity index (χ1) is 14.7. The number of carbonyl (C=O) groups excluding carboxylic acids is 1. The van der Waals surface area contributed by atoms with Gasteiger partial charge in [-0.25, -0.2) is 0 Å². The lowest BCUT2D eigenvalue weighted by Crippen LogP contribution is -2.52. The minimum atomic E-state index is -0.738. The average Bonchev–Trinajstić information content (AvgIpc) is 2.74. The van der Waals surface area contributed by atoms with Gasteiger partial charge in [0.05, 0.1) is 12.6 Å². The first-order valence-electron chi connectivity index (χ1n) is 11.1. The standard InChI is InChI=1S/C26H38N2O3/c1-19(2)23(22-15-11-8-12-16-22)28(26(4,5)6)31-24(25(30)27-17-18-29)20(3)21-13-9-7-10-14-21/h7-16,19-20,23-24,29H,17-18H2,1-6H3,(H,27,30). The molecule has 0 aliphatic rings. The van der Waals surface area contributed by atoms with Gasteiger partial charge in [0.25, 0.3) is 5.91 Å². The number of amides is 1. The third kappa shape index (κ3) is 6.89. The van der Waals surface area contributed by atoms with Crippen molar-refractivity contribution in [1.82, 2.24) is 10.4 Å². The van der Waals surface area contributed by atoms with E-state index in [2.05, 4.69) is 52.1 Å². The van der Waals surface area contributed by atoms with E-state index in [-0.39, 0.29) is 42.5 Å². The molecule has 0 spiro atoms. The molecule has 0 saturated carbocycles. The van der Waals surface area contributed by atoms with E-state index in [0.29, 0.717) is 0 Å². The molecule has 0 aliphatic heterocycles. The van der Waals surface area contributed by atoms with Crippen molar-refractivity contribution in [1.29, 1.82) is 0 Å². The van der Waals surface area contributed by atoms with E-state index < -0.39 is 6.10 Å². The van der Waals surface area contributed by atoms with Crippen LogP contribution in [0, 0.1) is 5.92 Å². The summed E-state index contributed by atoms with van der Waals surface area (Å²) in [6.45, 7) is 12.7. The van der Waals surface area contributed by atoms with Gasteiger partial charge in [-0.15, -0.1) is 0 Å². The fraction of sp³-hybridized carbons (Fsp3) is 0.500. The zero-order valence-electron chi connectivity index (χ0n) is 19.7. The lowest BCUT2D eigenvalue weighted by molar-refractivity contribution is -0.271. The minimum absolute atomic E-state index is 0.0303. The number of nitrogens with one attached hydrogen (secondary N) is 1. The molecule has 31 heavy (non-hydrogen) atoms. The summed E-state index contributed by atoms with van der Waals surface area (Å²) >= 11 is 0. The summed E-state index contributed by atoms with van der Waals surface area (Å²) in [6, 6.07) is 20.2. The average molecular weight is 427 g/mol. The van der Waals surface area contributed by atoms with Gasteiger partial charge in [-0.2, -0.15) is 5.06 Å². The second kappa shape index (κ2) is 11.4. The molecule has 2 N–H and O–H groups in total. The normalized spacial score (nSPS) is 15.0. The Labute approximate surface area is 187 Å². The van der Waals surface area contributed by atoms with Crippen molar-refractivity contribution in [3.8, 4) is 0 Å². The number of aliphatic hydroxyl groups excluding tert-OH is 1. The van der Waals surface area contributed by atoms with E-state index in [0.717, 1.165) is 11.1 Å². The summed E-state index contributed by atoms with van der Waals surface area (Å²) in [5, 5.41) is 14.0. The molecule has 0 bridgehead atoms. The van der Waals surface area contributed by atoms with Crippen LogP contribution in [0.25, 0.3) is 0 Å². The highest BCUT2D eigenvalue weighted by Crippen LogP contribution is 2.36. The van der Waals surface area contributed by atoms with Crippen LogP contribution < -0.4 is 5.32 Å². The smallest absolute Gasteiger partial charge is 0.251 e. The molecule has 2 rings (SSSR count). The molecule has 5 nitrogen and oxygen atoms in total. The van der Waals surface area contributed by atoms with Crippen LogP contribution in [-0.2, 0) is 9.63 Å². The number of carbonyl (C=O) groups is 1. The fourth-order valence-electron chi connectivity index (χ4n) is 3.78. The summed E-state index contributed by atoms with van der Waals surface area (Å²) in [6.07, 6.45) is -0.738. The van der Waals surface area contributed by atoms with Crippen LogP contribution in [0.15, 0.2) is 60.7 Å². The van der Waals surface area contributed by atoms with Crippen molar-refractivity contribution in [2.24, 2.45) is 5.92 Å². The molecule has 2 aromatic rings. The van der Waals surface area contributed by atoms with Crippen molar-refractivity contribution in [3.05, 3.63) is 71.8 Å². The molecular formula is C26H38N2O3. The lowest BCUT2D eigenvalue weighted by atomic mass is 9.92. The van der Waals surface area contributed by atoms with Gasteiger partial charge < -0.3 is 10.4 Å². The molecule has 2 aromatic carbocycles. The molecule has 0 heterocycles. The van der Waals surface area contributed by atoms with E-state index in [1.165, 1.54) is 0 Å². The Morgan fingerprint density at radius 3 is 1.94 bits per heavy atom. The highest BCUT2D eigenvalue weighted by molar-refractivity contribution is 5.81. The van der Waals surface area contributed by atoms with Crippen molar-refractivity contribution in [2.75, 3.05) is 13.2 Å². The third-order valence-electron chi connectivity index (χ3n) is 5.36. The molecule has 3 unspecified atom stereocenters. The van der Waals surface area contributed by atoms with Crippen LogP contribution in [0.1, 0.15) is 64.6 Å². The van der Waals surface area contributed by atoms with Gasteiger partial charge in [0.1, 0.15) is 0 Å². The number of aliphatic hydroxyl groups is 1. The first kappa shape index (κ1) is 25.1. The second-order valence-electron chi connectivity index (χ2n) is 9.34. The summed E-state index contributed by atoms with van der Waals surface area (Å²) in [5.41, 5.74) is 1.83. The van der Waals surface area contributed by atoms with Crippen LogP contribution in [0.4, 0.5) is 0 Å². The largest absolute Gasteiger partial charge is 0.395 e. The van der Waals surface area contributed by atoms with Crippen molar-refractivity contribution < 1.29 is 14.7 Å².